The van der Waals surface area contributed by atoms with E-state index in [-0.39, 0.29) is 22.9 Å². The SMILES string of the molecule is CC(C)(C)c1ccc(NC(=O)c2cc(C(=O)N3CCOCC3)ccn2)cc1. The fraction of sp³-hybridized carbons (Fsp3) is 0.381. The van der Waals surface area contributed by atoms with E-state index in [1.165, 1.54) is 17.8 Å². The minimum Gasteiger partial charge on any atom is -0.378 e. The number of hydrogen-bond donors (Lipinski definition) is 1. The number of carbonyl (C=O) groups excluding carboxylic acids is 2. The first kappa shape index (κ1) is 19.0. The van der Waals surface area contributed by atoms with Crippen molar-refractivity contribution in [1.82, 2.24) is 9.88 Å². The molecule has 0 aliphatic carbocycles. The monoisotopic (exact) mass is 367 g/mol. The average Bonchev–Trinajstić information content (AvgIpc) is 2.68. The lowest BCUT2D eigenvalue weighted by atomic mass is 9.87. The Labute approximate surface area is 159 Å². The summed E-state index contributed by atoms with van der Waals surface area (Å²) in [4.78, 5) is 30.9. The molecule has 27 heavy (non-hydrogen) atoms. The van der Waals surface area contributed by atoms with Crippen LogP contribution in [0.4, 0.5) is 5.69 Å². The molecule has 1 saturated heterocycles. The zero-order valence-electron chi connectivity index (χ0n) is 16.0. The molecule has 1 aromatic heterocycles. The number of pyridine rings is 1. The highest BCUT2D eigenvalue weighted by Gasteiger charge is 2.20. The van der Waals surface area contributed by atoms with Crippen LogP contribution in [0.2, 0.25) is 0 Å². The molecule has 1 aliphatic heterocycles. The summed E-state index contributed by atoms with van der Waals surface area (Å²) in [7, 11) is 0. The first-order valence-corrected chi connectivity index (χ1v) is 9.09. The van der Waals surface area contributed by atoms with E-state index in [9.17, 15) is 9.59 Å². The molecular formula is C21H25N3O3. The molecule has 1 aliphatic rings. The third-order valence-electron chi connectivity index (χ3n) is 4.55. The van der Waals surface area contributed by atoms with E-state index in [1.54, 1.807) is 11.0 Å². The van der Waals surface area contributed by atoms with Crippen molar-refractivity contribution in [3.63, 3.8) is 0 Å². The van der Waals surface area contributed by atoms with Gasteiger partial charge in [-0.3, -0.25) is 14.6 Å². The number of amides is 2. The molecule has 2 aromatic rings. The van der Waals surface area contributed by atoms with Crippen LogP contribution in [-0.4, -0.2) is 48.0 Å². The molecule has 6 heteroatoms. The van der Waals surface area contributed by atoms with Gasteiger partial charge in [0.25, 0.3) is 11.8 Å². The van der Waals surface area contributed by atoms with E-state index in [1.807, 2.05) is 24.3 Å². The van der Waals surface area contributed by atoms with E-state index < -0.39 is 0 Å². The van der Waals surface area contributed by atoms with Crippen LogP contribution in [0.3, 0.4) is 0 Å². The van der Waals surface area contributed by atoms with Gasteiger partial charge in [0.2, 0.25) is 0 Å². The van der Waals surface area contributed by atoms with Crippen LogP contribution >= 0.6 is 0 Å². The molecule has 2 heterocycles. The highest BCUT2D eigenvalue weighted by molar-refractivity contribution is 6.04. The Kier molecular flexibility index (Phi) is 5.56. The molecule has 3 rings (SSSR count). The van der Waals surface area contributed by atoms with E-state index in [0.29, 0.717) is 37.6 Å². The van der Waals surface area contributed by atoms with Crippen LogP contribution in [0.25, 0.3) is 0 Å². The van der Waals surface area contributed by atoms with Crippen molar-refractivity contribution in [3.05, 3.63) is 59.4 Å². The van der Waals surface area contributed by atoms with Gasteiger partial charge < -0.3 is 15.0 Å². The predicted octanol–water partition coefficient (Wildman–Crippen LogP) is 3.10. The molecule has 0 bridgehead atoms. The third kappa shape index (κ3) is 4.71. The number of morpholine rings is 1. The van der Waals surface area contributed by atoms with Crippen LogP contribution in [0, 0.1) is 0 Å². The number of ether oxygens (including phenoxy) is 1. The highest BCUT2D eigenvalue weighted by Crippen LogP contribution is 2.23. The lowest BCUT2D eigenvalue weighted by Gasteiger charge is -2.26. The quantitative estimate of drug-likeness (QED) is 0.905. The zero-order valence-corrected chi connectivity index (χ0v) is 16.0. The van der Waals surface area contributed by atoms with Crippen LogP contribution in [-0.2, 0) is 10.2 Å². The summed E-state index contributed by atoms with van der Waals surface area (Å²) in [5, 5.41) is 2.84. The fourth-order valence-corrected chi connectivity index (χ4v) is 2.89. The van der Waals surface area contributed by atoms with Crippen molar-refractivity contribution in [2.75, 3.05) is 31.6 Å². The second-order valence-electron chi connectivity index (χ2n) is 7.62. The molecule has 1 fully saturated rings. The number of aromatic nitrogens is 1. The molecule has 0 atom stereocenters. The number of hydrogen-bond acceptors (Lipinski definition) is 4. The van der Waals surface area contributed by atoms with Crippen molar-refractivity contribution in [3.8, 4) is 0 Å². The van der Waals surface area contributed by atoms with Crippen LogP contribution in [0.1, 0.15) is 47.2 Å². The van der Waals surface area contributed by atoms with Crippen LogP contribution < -0.4 is 5.32 Å². The minimum atomic E-state index is -0.338. The van der Waals surface area contributed by atoms with Gasteiger partial charge in [0, 0.05) is 30.5 Å². The Morgan fingerprint density at radius 2 is 1.74 bits per heavy atom. The number of carbonyl (C=O) groups is 2. The lowest BCUT2D eigenvalue weighted by molar-refractivity contribution is 0.0303. The lowest BCUT2D eigenvalue weighted by Crippen LogP contribution is -2.40. The molecule has 6 nitrogen and oxygen atoms in total. The van der Waals surface area contributed by atoms with Crippen molar-refractivity contribution >= 4 is 17.5 Å². The predicted molar refractivity (Wildman–Crippen MR) is 104 cm³/mol. The number of nitrogens with one attached hydrogen (secondary N) is 1. The van der Waals surface area contributed by atoms with E-state index in [0.717, 1.165) is 0 Å². The number of nitrogens with zero attached hydrogens (tertiary/aromatic N) is 2. The summed E-state index contributed by atoms with van der Waals surface area (Å²) >= 11 is 0. The van der Waals surface area contributed by atoms with Crippen LogP contribution in [0.15, 0.2) is 42.6 Å². The fourth-order valence-electron chi connectivity index (χ4n) is 2.89. The number of anilines is 1. The maximum Gasteiger partial charge on any atom is 0.274 e. The summed E-state index contributed by atoms with van der Waals surface area (Å²) in [6.45, 7) is 8.61. The van der Waals surface area contributed by atoms with E-state index in [4.69, 9.17) is 4.74 Å². The summed E-state index contributed by atoms with van der Waals surface area (Å²) in [5.74, 6) is -0.445. The number of benzene rings is 1. The van der Waals surface area contributed by atoms with Crippen molar-refractivity contribution in [1.29, 1.82) is 0 Å². The second kappa shape index (κ2) is 7.88. The minimum absolute atomic E-state index is 0.0538. The van der Waals surface area contributed by atoms with Gasteiger partial charge in [-0.2, -0.15) is 0 Å². The molecule has 0 saturated carbocycles. The summed E-state index contributed by atoms with van der Waals surface area (Å²) < 4.78 is 5.27. The van der Waals surface area contributed by atoms with Gasteiger partial charge in [-0.05, 0) is 35.2 Å². The molecule has 142 valence electrons. The Balaban J connectivity index is 1.70. The maximum absolute atomic E-state index is 12.6. The smallest absolute Gasteiger partial charge is 0.274 e. The summed E-state index contributed by atoms with van der Waals surface area (Å²) in [6.07, 6.45) is 1.49. The normalized spacial score (nSPS) is 14.7. The van der Waals surface area contributed by atoms with E-state index in [2.05, 4.69) is 31.1 Å². The van der Waals surface area contributed by atoms with E-state index >= 15 is 0 Å². The molecular weight excluding hydrogens is 342 g/mol. The Morgan fingerprint density at radius 1 is 1.07 bits per heavy atom. The Morgan fingerprint density at radius 3 is 2.37 bits per heavy atom. The highest BCUT2D eigenvalue weighted by atomic mass is 16.5. The van der Waals surface area contributed by atoms with Gasteiger partial charge in [-0.1, -0.05) is 32.9 Å². The first-order valence-electron chi connectivity index (χ1n) is 9.09. The van der Waals surface area contributed by atoms with Crippen LogP contribution in [0.5, 0.6) is 0 Å². The number of rotatable bonds is 3. The van der Waals surface area contributed by atoms with Crippen molar-refractivity contribution < 1.29 is 14.3 Å². The first-order chi connectivity index (χ1) is 12.8. The third-order valence-corrected chi connectivity index (χ3v) is 4.55. The molecule has 1 N–H and O–H groups in total. The van der Waals surface area contributed by atoms with Gasteiger partial charge in [-0.25, -0.2) is 0 Å². The van der Waals surface area contributed by atoms with Gasteiger partial charge in [0.1, 0.15) is 5.69 Å². The average molecular weight is 367 g/mol. The van der Waals surface area contributed by atoms with Crippen molar-refractivity contribution in [2.45, 2.75) is 26.2 Å². The summed E-state index contributed by atoms with van der Waals surface area (Å²) in [6, 6.07) is 10.9. The molecule has 1 aromatic carbocycles. The Bertz CT molecular complexity index is 819. The Hall–Kier alpha value is -2.73. The van der Waals surface area contributed by atoms with Gasteiger partial charge >= 0.3 is 0 Å². The van der Waals surface area contributed by atoms with Crippen molar-refractivity contribution in [2.24, 2.45) is 0 Å². The summed E-state index contributed by atoms with van der Waals surface area (Å²) in [5.41, 5.74) is 2.61. The van der Waals surface area contributed by atoms with Gasteiger partial charge in [0.05, 0.1) is 13.2 Å². The molecule has 2 amide bonds. The molecule has 0 unspecified atom stereocenters. The second-order valence-corrected chi connectivity index (χ2v) is 7.62. The maximum atomic E-state index is 12.6. The van der Waals surface area contributed by atoms with Gasteiger partial charge in [-0.15, -0.1) is 0 Å². The standard InChI is InChI=1S/C21H25N3O3/c1-21(2,3)16-4-6-17(7-5-16)23-19(25)18-14-15(8-9-22-18)20(26)24-10-12-27-13-11-24/h4-9,14H,10-13H2,1-3H3,(H,23,25). The van der Waals surface area contributed by atoms with Gasteiger partial charge in [0.15, 0.2) is 0 Å². The topological polar surface area (TPSA) is 71.5 Å². The molecule has 0 radical (unpaired) electrons. The largest absolute Gasteiger partial charge is 0.378 e. The zero-order chi connectivity index (χ0) is 19.4. The molecule has 0 spiro atoms.